The van der Waals surface area contributed by atoms with E-state index < -0.39 is 10.0 Å². The summed E-state index contributed by atoms with van der Waals surface area (Å²) < 4.78 is 27.3. The van der Waals surface area contributed by atoms with Crippen molar-refractivity contribution >= 4 is 15.7 Å². The molecule has 1 aromatic heterocycles. The summed E-state index contributed by atoms with van der Waals surface area (Å²) in [6.45, 7) is 8.37. The number of piperazine rings is 1. The Morgan fingerprint density at radius 1 is 1.38 bits per heavy atom. The van der Waals surface area contributed by atoms with Crippen molar-refractivity contribution in [3.63, 3.8) is 0 Å². The Morgan fingerprint density at radius 3 is 2.71 bits per heavy atom. The molecule has 6 nitrogen and oxygen atoms in total. The van der Waals surface area contributed by atoms with Crippen LogP contribution in [0.4, 0.5) is 5.69 Å². The van der Waals surface area contributed by atoms with E-state index in [2.05, 4.69) is 29.0 Å². The lowest BCUT2D eigenvalue weighted by molar-refractivity contribution is 0.0800. The van der Waals surface area contributed by atoms with Crippen molar-refractivity contribution in [1.29, 1.82) is 0 Å². The standard InChI is InChI=1S/C14H24N4O2S/c1-5-15-12-7-6-8-16-13(12)21(19,20)18-10-9-17(4)14(2,3)11-18/h6-8,15H,5,9-11H2,1-4H3. The summed E-state index contributed by atoms with van der Waals surface area (Å²) in [5, 5.41) is 3.19. The van der Waals surface area contributed by atoms with Crippen LogP contribution in [-0.2, 0) is 10.0 Å². The first kappa shape index (κ1) is 16.2. The highest BCUT2D eigenvalue weighted by Gasteiger charge is 2.38. The van der Waals surface area contributed by atoms with Crippen molar-refractivity contribution in [2.75, 3.05) is 38.5 Å². The highest BCUT2D eigenvalue weighted by Crippen LogP contribution is 2.27. The van der Waals surface area contributed by atoms with Crippen molar-refractivity contribution in [3.8, 4) is 0 Å². The van der Waals surface area contributed by atoms with Gasteiger partial charge < -0.3 is 5.32 Å². The zero-order valence-corrected chi connectivity index (χ0v) is 13.9. The van der Waals surface area contributed by atoms with Gasteiger partial charge in [-0.25, -0.2) is 13.4 Å². The van der Waals surface area contributed by atoms with Crippen molar-refractivity contribution in [3.05, 3.63) is 18.3 Å². The highest BCUT2D eigenvalue weighted by molar-refractivity contribution is 7.89. The molecule has 1 N–H and O–H groups in total. The predicted molar refractivity (Wildman–Crippen MR) is 83.9 cm³/mol. The number of rotatable bonds is 4. The molecule has 1 aromatic rings. The predicted octanol–water partition coefficient (Wildman–Crippen LogP) is 1.23. The molecular weight excluding hydrogens is 288 g/mol. The van der Waals surface area contributed by atoms with E-state index in [9.17, 15) is 8.42 Å². The maximum absolute atomic E-state index is 12.9. The lowest BCUT2D eigenvalue weighted by Crippen LogP contribution is -2.58. The molecule has 21 heavy (non-hydrogen) atoms. The number of hydrogen-bond acceptors (Lipinski definition) is 5. The molecule has 0 radical (unpaired) electrons. The molecule has 2 heterocycles. The van der Waals surface area contributed by atoms with Gasteiger partial charge in [0.15, 0.2) is 5.03 Å². The minimum absolute atomic E-state index is 0.118. The zero-order valence-electron chi connectivity index (χ0n) is 13.1. The van der Waals surface area contributed by atoms with Gasteiger partial charge >= 0.3 is 0 Å². The fraction of sp³-hybridized carbons (Fsp3) is 0.643. The van der Waals surface area contributed by atoms with Gasteiger partial charge in [0.2, 0.25) is 0 Å². The van der Waals surface area contributed by atoms with Gasteiger partial charge in [-0.3, -0.25) is 4.90 Å². The second-order valence-electron chi connectivity index (χ2n) is 5.96. The first-order valence-corrected chi connectivity index (χ1v) is 8.63. The van der Waals surface area contributed by atoms with Crippen molar-refractivity contribution < 1.29 is 8.42 Å². The smallest absolute Gasteiger partial charge is 0.262 e. The van der Waals surface area contributed by atoms with Crippen LogP contribution < -0.4 is 5.32 Å². The summed E-state index contributed by atoms with van der Waals surface area (Å²) in [4.78, 5) is 6.29. The molecule has 1 fully saturated rings. The molecule has 2 rings (SSSR count). The van der Waals surface area contributed by atoms with Crippen LogP contribution in [0.25, 0.3) is 0 Å². The molecule has 1 saturated heterocycles. The van der Waals surface area contributed by atoms with Gasteiger partial charge in [0.05, 0.1) is 5.69 Å². The van der Waals surface area contributed by atoms with E-state index in [1.54, 1.807) is 12.1 Å². The molecular formula is C14H24N4O2S. The van der Waals surface area contributed by atoms with Gasteiger partial charge in [-0.1, -0.05) is 0 Å². The average molecular weight is 312 g/mol. The van der Waals surface area contributed by atoms with E-state index in [-0.39, 0.29) is 10.6 Å². The molecule has 118 valence electrons. The minimum Gasteiger partial charge on any atom is -0.383 e. The fourth-order valence-electron chi connectivity index (χ4n) is 2.44. The third kappa shape index (κ3) is 3.20. The third-order valence-electron chi connectivity index (χ3n) is 4.00. The molecule has 0 saturated carbocycles. The number of hydrogen-bond donors (Lipinski definition) is 1. The van der Waals surface area contributed by atoms with Crippen LogP contribution >= 0.6 is 0 Å². The monoisotopic (exact) mass is 312 g/mol. The Kier molecular flexibility index (Phi) is 4.55. The molecule has 0 amide bonds. The topological polar surface area (TPSA) is 65.5 Å². The Hall–Kier alpha value is -1.18. The van der Waals surface area contributed by atoms with E-state index >= 15 is 0 Å². The molecule has 0 atom stereocenters. The number of aromatic nitrogens is 1. The summed E-state index contributed by atoms with van der Waals surface area (Å²) >= 11 is 0. The average Bonchev–Trinajstić information content (AvgIpc) is 2.42. The summed E-state index contributed by atoms with van der Waals surface area (Å²) in [7, 11) is -1.55. The first-order chi connectivity index (χ1) is 9.79. The summed E-state index contributed by atoms with van der Waals surface area (Å²) in [6.07, 6.45) is 1.52. The number of nitrogens with one attached hydrogen (secondary N) is 1. The SMILES string of the molecule is CCNc1cccnc1S(=O)(=O)N1CCN(C)C(C)(C)C1. The third-order valence-corrected chi connectivity index (χ3v) is 5.81. The van der Waals surface area contributed by atoms with Crippen molar-refractivity contribution in [2.24, 2.45) is 0 Å². The molecule has 7 heteroatoms. The van der Waals surface area contributed by atoms with Crippen molar-refractivity contribution in [1.82, 2.24) is 14.2 Å². The van der Waals surface area contributed by atoms with Crippen LogP contribution in [0.2, 0.25) is 0 Å². The molecule has 0 aromatic carbocycles. The van der Waals surface area contributed by atoms with Crippen LogP contribution in [0.5, 0.6) is 0 Å². The molecule has 1 aliphatic rings. The second kappa shape index (κ2) is 5.90. The van der Waals surface area contributed by atoms with E-state index in [4.69, 9.17) is 0 Å². The van der Waals surface area contributed by atoms with Gasteiger partial charge in [-0.05, 0) is 40.0 Å². The second-order valence-corrected chi connectivity index (χ2v) is 7.81. The lowest BCUT2D eigenvalue weighted by atomic mass is 10.0. The summed E-state index contributed by atoms with van der Waals surface area (Å²) in [6, 6.07) is 3.50. The number of likely N-dealkylation sites (N-methyl/N-ethyl adjacent to an activating group) is 1. The normalized spacial score (nSPS) is 20.4. The Balaban J connectivity index is 2.35. The van der Waals surface area contributed by atoms with Gasteiger partial charge in [-0.15, -0.1) is 0 Å². The van der Waals surface area contributed by atoms with E-state index in [1.165, 1.54) is 10.5 Å². The van der Waals surface area contributed by atoms with Gasteiger partial charge in [0.1, 0.15) is 0 Å². The van der Waals surface area contributed by atoms with E-state index in [0.29, 0.717) is 25.3 Å². The number of sulfonamides is 1. The molecule has 0 unspecified atom stereocenters. The van der Waals surface area contributed by atoms with Gasteiger partial charge in [0, 0.05) is 37.9 Å². The highest BCUT2D eigenvalue weighted by atomic mass is 32.2. The van der Waals surface area contributed by atoms with Crippen LogP contribution in [0.1, 0.15) is 20.8 Å². The largest absolute Gasteiger partial charge is 0.383 e. The Morgan fingerprint density at radius 2 is 2.10 bits per heavy atom. The molecule has 0 spiro atoms. The van der Waals surface area contributed by atoms with Gasteiger partial charge in [0.25, 0.3) is 10.0 Å². The summed E-state index contributed by atoms with van der Waals surface area (Å²) in [5.74, 6) is 0. The molecule has 0 aliphatic carbocycles. The van der Waals surface area contributed by atoms with Crippen LogP contribution in [0, 0.1) is 0 Å². The van der Waals surface area contributed by atoms with Crippen LogP contribution in [0.15, 0.2) is 23.4 Å². The van der Waals surface area contributed by atoms with Crippen LogP contribution in [-0.4, -0.2) is 61.4 Å². The Labute approximate surface area is 127 Å². The maximum Gasteiger partial charge on any atom is 0.262 e. The Bertz CT molecular complexity index is 601. The fourth-order valence-corrected chi connectivity index (χ4v) is 4.11. The zero-order chi connectivity index (χ0) is 15.7. The number of pyridine rings is 1. The first-order valence-electron chi connectivity index (χ1n) is 7.19. The van der Waals surface area contributed by atoms with Crippen molar-refractivity contribution in [2.45, 2.75) is 31.3 Å². The maximum atomic E-state index is 12.9. The number of nitrogens with zero attached hydrogens (tertiary/aromatic N) is 3. The quantitative estimate of drug-likeness (QED) is 0.906. The minimum atomic E-state index is -3.58. The van der Waals surface area contributed by atoms with E-state index in [0.717, 1.165) is 6.54 Å². The molecule has 1 aliphatic heterocycles. The lowest BCUT2D eigenvalue weighted by Gasteiger charge is -2.44. The van der Waals surface area contributed by atoms with E-state index in [1.807, 2.05) is 14.0 Å². The number of anilines is 1. The molecule has 0 bridgehead atoms. The summed E-state index contributed by atoms with van der Waals surface area (Å²) in [5.41, 5.74) is 0.384. The van der Waals surface area contributed by atoms with Crippen LogP contribution in [0.3, 0.4) is 0 Å². The van der Waals surface area contributed by atoms with Gasteiger partial charge in [-0.2, -0.15) is 4.31 Å².